The summed E-state index contributed by atoms with van der Waals surface area (Å²) in [6, 6.07) is 0. The van der Waals surface area contributed by atoms with Crippen LogP contribution in [0.5, 0.6) is 0 Å². The zero-order valence-corrected chi connectivity index (χ0v) is 12.5. The summed E-state index contributed by atoms with van der Waals surface area (Å²) in [5.41, 5.74) is 0. The van der Waals surface area contributed by atoms with Crippen molar-refractivity contribution in [2.45, 2.75) is 57.8 Å². The Morgan fingerprint density at radius 2 is 1.33 bits per heavy atom. The van der Waals surface area contributed by atoms with Crippen molar-refractivity contribution in [2.24, 2.45) is 11.8 Å². The van der Waals surface area contributed by atoms with E-state index in [-0.39, 0.29) is 12.4 Å². The molecule has 0 aromatic carbocycles. The van der Waals surface area contributed by atoms with Gasteiger partial charge >= 0.3 is 0 Å². The van der Waals surface area contributed by atoms with E-state index in [1.807, 2.05) is 0 Å². The van der Waals surface area contributed by atoms with Gasteiger partial charge in [0.05, 0.1) is 0 Å². The molecule has 1 saturated heterocycles. The summed E-state index contributed by atoms with van der Waals surface area (Å²) in [7, 11) is 0. The highest BCUT2D eigenvalue weighted by atomic mass is 35.5. The molecule has 0 unspecified atom stereocenters. The van der Waals surface area contributed by atoms with Crippen molar-refractivity contribution in [3.05, 3.63) is 0 Å². The van der Waals surface area contributed by atoms with Crippen LogP contribution in [-0.2, 0) is 4.74 Å². The smallest absolute Gasteiger partial charge is 0.0468 e. The molecule has 0 atom stereocenters. The molecule has 18 heavy (non-hydrogen) atoms. The van der Waals surface area contributed by atoms with Crippen molar-refractivity contribution in [3.8, 4) is 0 Å². The molecule has 108 valence electrons. The average molecular weight is 276 g/mol. The Morgan fingerprint density at radius 1 is 0.778 bits per heavy atom. The van der Waals surface area contributed by atoms with Gasteiger partial charge in [-0.05, 0) is 50.6 Å². The minimum atomic E-state index is 0. The van der Waals surface area contributed by atoms with E-state index >= 15 is 0 Å². The van der Waals surface area contributed by atoms with Crippen molar-refractivity contribution in [2.75, 3.05) is 26.3 Å². The van der Waals surface area contributed by atoms with E-state index in [2.05, 4.69) is 5.32 Å². The van der Waals surface area contributed by atoms with Gasteiger partial charge in [-0.15, -0.1) is 12.4 Å². The normalized spacial score (nSPS) is 22.7. The summed E-state index contributed by atoms with van der Waals surface area (Å²) in [6.45, 7) is 4.44. The Labute approximate surface area is 119 Å². The standard InChI is InChI=1S/C15H29NO.ClH/c1-2-4-14(5-3-1)8-12-17-13-9-15-6-10-16-11-7-15;/h14-16H,1-13H2;1H. The van der Waals surface area contributed by atoms with Gasteiger partial charge in [0.15, 0.2) is 0 Å². The second kappa shape index (κ2) is 10.1. The highest BCUT2D eigenvalue weighted by Gasteiger charge is 2.14. The van der Waals surface area contributed by atoms with Gasteiger partial charge in [0.25, 0.3) is 0 Å². The molecule has 0 radical (unpaired) electrons. The Balaban J connectivity index is 0.00000162. The summed E-state index contributed by atoms with van der Waals surface area (Å²) in [5.74, 6) is 1.90. The van der Waals surface area contributed by atoms with E-state index in [9.17, 15) is 0 Å². The molecule has 1 aliphatic heterocycles. The minimum absolute atomic E-state index is 0. The van der Waals surface area contributed by atoms with Gasteiger partial charge in [-0.2, -0.15) is 0 Å². The Hall–Kier alpha value is 0.210. The van der Waals surface area contributed by atoms with Crippen LogP contribution in [0.2, 0.25) is 0 Å². The summed E-state index contributed by atoms with van der Waals surface area (Å²) < 4.78 is 5.82. The quantitative estimate of drug-likeness (QED) is 0.745. The van der Waals surface area contributed by atoms with Gasteiger partial charge < -0.3 is 10.1 Å². The van der Waals surface area contributed by atoms with Gasteiger partial charge in [0, 0.05) is 13.2 Å². The molecule has 1 saturated carbocycles. The molecule has 0 aromatic heterocycles. The lowest BCUT2D eigenvalue weighted by molar-refractivity contribution is 0.0982. The van der Waals surface area contributed by atoms with E-state index < -0.39 is 0 Å². The fraction of sp³-hybridized carbons (Fsp3) is 1.00. The van der Waals surface area contributed by atoms with Crippen LogP contribution >= 0.6 is 12.4 Å². The molecule has 0 spiro atoms. The predicted molar refractivity (Wildman–Crippen MR) is 79.5 cm³/mol. The first-order valence-electron chi connectivity index (χ1n) is 7.73. The van der Waals surface area contributed by atoms with Crippen LogP contribution in [0.3, 0.4) is 0 Å². The maximum absolute atomic E-state index is 5.82. The molecule has 2 nitrogen and oxygen atoms in total. The molecule has 1 heterocycles. The Bertz CT molecular complexity index is 169. The first-order chi connectivity index (χ1) is 8.45. The van der Waals surface area contributed by atoms with Crippen LogP contribution in [0.15, 0.2) is 0 Å². The number of rotatable bonds is 6. The fourth-order valence-electron chi connectivity index (χ4n) is 3.25. The van der Waals surface area contributed by atoms with Crippen molar-refractivity contribution in [1.29, 1.82) is 0 Å². The first kappa shape index (κ1) is 16.3. The second-order valence-corrected chi connectivity index (χ2v) is 5.89. The lowest BCUT2D eigenvalue weighted by Crippen LogP contribution is -2.28. The lowest BCUT2D eigenvalue weighted by atomic mass is 9.87. The number of nitrogens with one attached hydrogen (secondary N) is 1. The number of ether oxygens (including phenoxy) is 1. The van der Waals surface area contributed by atoms with Gasteiger partial charge in [-0.25, -0.2) is 0 Å². The average Bonchev–Trinajstić information content (AvgIpc) is 2.41. The molecular weight excluding hydrogens is 246 g/mol. The highest BCUT2D eigenvalue weighted by Crippen LogP contribution is 2.26. The number of hydrogen-bond donors (Lipinski definition) is 1. The van der Waals surface area contributed by atoms with E-state index in [0.717, 1.165) is 25.0 Å². The zero-order chi connectivity index (χ0) is 11.8. The Kier molecular flexibility index (Phi) is 9.08. The summed E-state index contributed by atoms with van der Waals surface area (Å²) in [5, 5.41) is 3.42. The van der Waals surface area contributed by atoms with Crippen LogP contribution in [0.25, 0.3) is 0 Å². The number of hydrogen-bond acceptors (Lipinski definition) is 2. The molecule has 3 heteroatoms. The molecule has 1 aliphatic carbocycles. The van der Waals surface area contributed by atoms with Gasteiger partial charge in [0.2, 0.25) is 0 Å². The van der Waals surface area contributed by atoms with Crippen molar-refractivity contribution < 1.29 is 4.74 Å². The number of piperidine rings is 1. The van der Waals surface area contributed by atoms with Crippen molar-refractivity contribution in [3.63, 3.8) is 0 Å². The molecule has 0 amide bonds. The maximum Gasteiger partial charge on any atom is 0.0468 e. The first-order valence-corrected chi connectivity index (χ1v) is 7.73. The van der Waals surface area contributed by atoms with Gasteiger partial charge in [-0.3, -0.25) is 0 Å². The van der Waals surface area contributed by atoms with E-state index in [4.69, 9.17) is 4.74 Å². The number of halogens is 1. The van der Waals surface area contributed by atoms with Crippen molar-refractivity contribution in [1.82, 2.24) is 5.32 Å². The minimum Gasteiger partial charge on any atom is -0.381 e. The molecular formula is C15H30ClNO. The monoisotopic (exact) mass is 275 g/mol. The Morgan fingerprint density at radius 3 is 1.94 bits per heavy atom. The third kappa shape index (κ3) is 6.40. The maximum atomic E-state index is 5.82. The van der Waals surface area contributed by atoms with E-state index in [1.165, 1.54) is 70.9 Å². The van der Waals surface area contributed by atoms with Gasteiger partial charge in [0.1, 0.15) is 0 Å². The molecule has 2 aliphatic rings. The molecule has 0 aromatic rings. The zero-order valence-electron chi connectivity index (χ0n) is 11.7. The third-order valence-corrected chi connectivity index (χ3v) is 4.52. The summed E-state index contributed by atoms with van der Waals surface area (Å²) in [4.78, 5) is 0. The van der Waals surface area contributed by atoms with E-state index in [1.54, 1.807) is 0 Å². The molecule has 1 N–H and O–H groups in total. The highest BCUT2D eigenvalue weighted by molar-refractivity contribution is 5.85. The fourth-order valence-corrected chi connectivity index (χ4v) is 3.25. The largest absolute Gasteiger partial charge is 0.381 e. The second-order valence-electron chi connectivity index (χ2n) is 5.89. The van der Waals surface area contributed by atoms with Crippen LogP contribution < -0.4 is 5.32 Å². The van der Waals surface area contributed by atoms with Crippen LogP contribution in [0, 0.1) is 11.8 Å². The predicted octanol–water partition coefficient (Wildman–Crippen LogP) is 3.78. The van der Waals surface area contributed by atoms with Crippen LogP contribution in [0.1, 0.15) is 57.8 Å². The lowest BCUT2D eigenvalue weighted by Gasteiger charge is -2.23. The molecule has 0 bridgehead atoms. The third-order valence-electron chi connectivity index (χ3n) is 4.52. The summed E-state index contributed by atoms with van der Waals surface area (Å²) in [6.07, 6.45) is 12.6. The van der Waals surface area contributed by atoms with Crippen molar-refractivity contribution >= 4 is 12.4 Å². The molecule has 2 fully saturated rings. The van der Waals surface area contributed by atoms with E-state index in [0.29, 0.717) is 0 Å². The van der Waals surface area contributed by atoms with Gasteiger partial charge in [-0.1, -0.05) is 32.1 Å². The SMILES string of the molecule is C1CCC(CCOCCC2CCNCC2)CC1.Cl. The van der Waals surface area contributed by atoms with Crippen LogP contribution in [0.4, 0.5) is 0 Å². The molecule has 2 rings (SSSR count). The topological polar surface area (TPSA) is 21.3 Å². The summed E-state index contributed by atoms with van der Waals surface area (Å²) >= 11 is 0. The van der Waals surface area contributed by atoms with Crippen LogP contribution in [-0.4, -0.2) is 26.3 Å².